The van der Waals surface area contributed by atoms with Crippen LogP contribution in [0.25, 0.3) is 0 Å². The Bertz CT molecular complexity index is 294. The lowest BCUT2D eigenvalue weighted by atomic mass is 10.3. The second-order valence-corrected chi connectivity index (χ2v) is 3.47. The van der Waals surface area contributed by atoms with Crippen molar-refractivity contribution >= 4 is 21.9 Å². The third kappa shape index (κ3) is 3.06. The molecule has 0 bridgehead atoms. The van der Waals surface area contributed by atoms with E-state index in [9.17, 15) is 4.79 Å². The Morgan fingerprint density at radius 2 is 2.00 bits per heavy atom. The first kappa shape index (κ1) is 10.1. The van der Waals surface area contributed by atoms with Crippen LogP contribution in [0.4, 0.5) is 0 Å². The number of ether oxygens (including phenoxy) is 1. The maximum atomic E-state index is 10.4. The SMILES string of the molecule is C[C@@H](Oc1ccc(Br)cc1)C(=O)O. The van der Waals surface area contributed by atoms with Gasteiger partial charge in [-0.2, -0.15) is 0 Å². The third-order valence-corrected chi connectivity index (χ3v) is 2.00. The van der Waals surface area contributed by atoms with Gasteiger partial charge in [0.15, 0.2) is 6.10 Å². The Balaban J connectivity index is 2.64. The smallest absolute Gasteiger partial charge is 0.344 e. The highest BCUT2D eigenvalue weighted by atomic mass is 79.9. The number of hydrogen-bond acceptors (Lipinski definition) is 2. The van der Waals surface area contributed by atoms with Crippen molar-refractivity contribution in [1.82, 2.24) is 0 Å². The monoisotopic (exact) mass is 244 g/mol. The van der Waals surface area contributed by atoms with E-state index in [2.05, 4.69) is 15.9 Å². The van der Waals surface area contributed by atoms with E-state index in [1.807, 2.05) is 0 Å². The van der Waals surface area contributed by atoms with Crippen LogP contribution in [0.3, 0.4) is 0 Å². The van der Waals surface area contributed by atoms with Crippen molar-refractivity contribution in [2.24, 2.45) is 0 Å². The van der Waals surface area contributed by atoms with Gasteiger partial charge in [0.2, 0.25) is 0 Å². The zero-order chi connectivity index (χ0) is 9.84. The predicted molar refractivity (Wildman–Crippen MR) is 51.9 cm³/mol. The lowest BCUT2D eigenvalue weighted by molar-refractivity contribution is -0.144. The van der Waals surface area contributed by atoms with Crippen LogP contribution in [0, 0.1) is 0 Å². The number of carbonyl (C=O) groups is 1. The van der Waals surface area contributed by atoms with E-state index in [-0.39, 0.29) is 0 Å². The zero-order valence-corrected chi connectivity index (χ0v) is 8.61. The summed E-state index contributed by atoms with van der Waals surface area (Å²) in [5.41, 5.74) is 0. The largest absolute Gasteiger partial charge is 0.479 e. The summed E-state index contributed by atoms with van der Waals surface area (Å²) in [6.07, 6.45) is -0.818. The van der Waals surface area contributed by atoms with Crippen molar-refractivity contribution in [2.75, 3.05) is 0 Å². The summed E-state index contributed by atoms with van der Waals surface area (Å²) in [6.45, 7) is 1.49. The average Bonchev–Trinajstić information content (AvgIpc) is 2.08. The van der Waals surface area contributed by atoms with Crippen molar-refractivity contribution in [3.8, 4) is 5.75 Å². The summed E-state index contributed by atoms with van der Waals surface area (Å²) >= 11 is 3.27. The maximum Gasteiger partial charge on any atom is 0.344 e. The van der Waals surface area contributed by atoms with E-state index in [4.69, 9.17) is 9.84 Å². The molecule has 0 saturated heterocycles. The fraction of sp³-hybridized carbons (Fsp3) is 0.222. The molecule has 0 aliphatic rings. The number of rotatable bonds is 3. The second kappa shape index (κ2) is 4.28. The van der Waals surface area contributed by atoms with Gasteiger partial charge < -0.3 is 9.84 Å². The lowest BCUT2D eigenvalue weighted by Gasteiger charge is -2.09. The first-order valence-corrected chi connectivity index (χ1v) is 4.54. The van der Waals surface area contributed by atoms with Crippen LogP contribution in [-0.4, -0.2) is 17.2 Å². The van der Waals surface area contributed by atoms with Crippen molar-refractivity contribution in [2.45, 2.75) is 13.0 Å². The fourth-order valence-electron chi connectivity index (χ4n) is 0.768. The maximum absolute atomic E-state index is 10.4. The minimum atomic E-state index is -0.970. The van der Waals surface area contributed by atoms with Crippen molar-refractivity contribution in [3.63, 3.8) is 0 Å². The highest BCUT2D eigenvalue weighted by Gasteiger charge is 2.11. The first-order chi connectivity index (χ1) is 6.09. The van der Waals surface area contributed by atoms with Gasteiger partial charge in [0, 0.05) is 4.47 Å². The lowest BCUT2D eigenvalue weighted by Crippen LogP contribution is -2.22. The minimum absolute atomic E-state index is 0.554. The van der Waals surface area contributed by atoms with E-state index in [0.29, 0.717) is 5.75 Å². The Labute approximate surface area is 84.5 Å². The van der Waals surface area contributed by atoms with E-state index in [1.54, 1.807) is 24.3 Å². The normalized spacial score (nSPS) is 12.2. The van der Waals surface area contributed by atoms with E-state index < -0.39 is 12.1 Å². The quantitative estimate of drug-likeness (QED) is 0.888. The molecule has 0 radical (unpaired) electrons. The van der Waals surface area contributed by atoms with Crippen LogP contribution in [0.1, 0.15) is 6.92 Å². The topological polar surface area (TPSA) is 46.5 Å². The molecule has 0 unspecified atom stereocenters. The molecule has 1 aromatic carbocycles. The molecule has 0 aliphatic carbocycles. The molecule has 1 N–H and O–H groups in total. The average molecular weight is 245 g/mol. The molecule has 1 rings (SSSR count). The van der Waals surface area contributed by atoms with Crippen LogP contribution in [-0.2, 0) is 4.79 Å². The van der Waals surface area contributed by atoms with Gasteiger partial charge in [-0.1, -0.05) is 15.9 Å². The number of hydrogen-bond donors (Lipinski definition) is 1. The standard InChI is InChI=1S/C9H9BrO3/c1-6(9(11)12)13-8-4-2-7(10)3-5-8/h2-6H,1H3,(H,11,12)/t6-/m1/s1. The molecule has 0 amide bonds. The van der Waals surface area contributed by atoms with E-state index in [0.717, 1.165) is 4.47 Å². The number of carboxylic acid groups (broad SMARTS) is 1. The van der Waals surface area contributed by atoms with Crippen LogP contribution < -0.4 is 4.74 Å². The number of benzene rings is 1. The summed E-state index contributed by atoms with van der Waals surface area (Å²) in [7, 11) is 0. The summed E-state index contributed by atoms with van der Waals surface area (Å²) in [4.78, 5) is 10.4. The molecule has 0 aromatic heterocycles. The molecule has 1 atom stereocenters. The molecular weight excluding hydrogens is 236 g/mol. The highest BCUT2D eigenvalue weighted by Crippen LogP contribution is 2.17. The van der Waals surface area contributed by atoms with Gasteiger partial charge in [0.1, 0.15) is 5.75 Å². The summed E-state index contributed by atoms with van der Waals surface area (Å²) < 4.78 is 6.04. The van der Waals surface area contributed by atoms with Gasteiger partial charge in [-0.3, -0.25) is 0 Å². The van der Waals surface area contributed by atoms with Gasteiger partial charge in [-0.25, -0.2) is 4.79 Å². The molecule has 0 saturated carbocycles. The summed E-state index contributed by atoms with van der Waals surface area (Å²) in [5.74, 6) is -0.416. The molecule has 4 heteroatoms. The Kier molecular flexibility index (Phi) is 3.31. The molecular formula is C9H9BrO3. The Hall–Kier alpha value is -1.03. The molecule has 13 heavy (non-hydrogen) atoms. The Morgan fingerprint density at radius 3 is 2.46 bits per heavy atom. The molecule has 1 aromatic rings. The zero-order valence-electron chi connectivity index (χ0n) is 7.03. The molecule has 0 spiro atoms. The van der Waals surface area contributed by atoms with Gasteiger partial charge in [0.05, 0.1) is 0 Å². The highest BCUT2D eigenvalue weighted by molar-refractivity contribution is 9.10. The van der Waals surface area contributed by atoms with Crippen molar-refractivity contribution in [3.05, 3.63) is 28.7 Å². The molecule has 0 aliphatic heterocycles. The second-order valence-electron chi connectivity index (χ2n) is 2.55. The van der Waals surface area contributed by atoms with E-state index >= 15 is 0 Å². The van der Waals surface area contributed by atoms with Crippen LogP contribution in [0.5, 0.6) is 5.75 Å². The van der Waals surface area contributed by atoms with Crippen LogP contribution in [0.15, 0.2) is 28.7 Å². The van der Waals surface area contributed by atoms with Gasteiger partial charge >= 0.3 is 5.97 Å². The van der Waals surface area contributed by atoms with Crippen LogP contribution >= 0.6 is 15.9 Å². The minimum Gasteiger partial charge on any atom is -0.479 e. The number of aliphatic carboxylic acids is 1. The third-order valence-electron chi connectivity index (χ3n) is 1.47. The van der Waals surface area contributed by atoms with Gasteiger partial charge in [-0.15, -0.1) is 0 Å². The van der Waals surface area contributed by atoms with E-state index in [1.165, 1.54) is 6.92 Å². The fourth-order valence-corrected chi connectivity index (χ4v) is 1.03. The van der Waals surface area contributed by atoms with Crippen LogP contribution in [0.2, 0.25) is 0 Å². The van der Waals surface area contributed by atoms with Crippen molar-refractivity contribution in [1.29, 1.82) is 0 Å². The summed E-state index contributed by atoms with van der Waals surface area (Å²) in [6, 6.07) is 7.01. The number of halogens is 1. The molecule has 3 nitrogen and oxygen atoms in total. The molecule has 0 fully saturated rings. The predicted octanol–water partition coefficient (Wildman–Crippen LogP) is 2.30. The number of carboxylic acids is 1. The van der Waals surface area contributed by atoms with Crippen molar-refractivity contribution < 1.29 is 14.6 Å². The molecule has 70 valence electrons. The summed E-state index contributed by atoms with van der Waals surface area (Å²) in [5, 5.41) is 8.56. The molecule has 0 heterocycles. The Morgan fingerprint density at radius 1 is 1.46 bits per heavy atom. The first-order valence-electron chi connectivity index (χ1n) is 3.74. The van der Waals surface area contributed by atoms with Gasteiger partial charge in [0.25, 0.3) is 0 Å². The van der Waals surface area contributed by atoms with Gasteiger partial charge in [-0.05, 0) is 31.2 Å².